The normalized spacial score (nSPS) is 22.4. The molecule has 0 saturated heterocycles. The summed E-state index contributed by atoms with van der Waals surface area (Å²) in [7, 11) is 0. The number of aliphatic hydroxyl groups excluding tert-OH is 5. The van der Waals surface area contributed by atoms with Gasteiger partial charge in [-0.1, -0.05) is 6.08 Å². The van der Waals surface area contributed by atoms with Crippen LogP contribution in [0.4, 0.5) is 0 Å². The summed E-state index contributed by atoms with van der Waals surface area (Å²) >= 11 is 0. The van der Waals surface area contributed by atoms with Crippen LogP contribution in [0.1, 0.15) is 7.79 Å². The van der Waals surface area contributed by atoms with Crippen LogP contribution in [-0.2, 0) is 0 Å². The largest absolute Gasteiger partial charge is 0.394 e. The molecule has 0 saturated carbocycles. The average Bonchev–Trinajstić information content (AvgIpc) is 2.22. The Balaban J connectivity index is 4.08. The Hall–Kier alpha value is -0.460. The highest BCUT2D eigenvalue weighted by atomic mass is 16.4. The molecule has 5 nitrogen and oxygen atoms in total. The van der Waals surface area contributed by atoms with Crippen LogP contribution in [0.2, 0.25) is 0 Å². The predicted octanol–water partition coefficient (Wildman–Crippen LogP) is -2.00. The minimum absolute atomic E-state index is 0.000124. The molecule has 4 atom stereocenters. The third-order valence-corrected chi connectivity index (χ3v) is 1.70. The molecule has 0 aromatic heterocycles. The van der Waals surface area contributed by atoms with Gasteiger partial charge < -0.3 is 25.5 Å². The first-order chi connectivity index (χ1) is 6.54. The maximum absolute atomic E-state index is 9.25. The van der Waals surface area contributed by atoms with Crippen molar-refractivity contribution in [3.63, 3.8) is 0 Å². The average molecular weight is 193 g/mol. The van der Waals surface area contributed by atoms with Gasteiger partial charge in [0.15, 0.2) is 0 Å². The molecule has 0 bridgehead atoms. The minimum Gasteiger partial charge on any atom is -0.394 e. The molecule has 0 aliphatic carbocycles. The lowest BCUT2D eigenvalue weighted by atomic mass is 10.0. The van der Waals surface area contributed by atoms with Crippen LogP contribution in [0.5, 0.6) is 0 Å². The first kappa shape index (κ1) is 10.6. The van der Waals surface area contributed by atoms with Crippen LogP contribution in [-0.4, -0.2) is 56.6 Å². The Morgan fingerprint density at radius 1 is 1.15 bits per heavy atom. The first-order valence-electron chi connectivity index (χ1n) is 4.48. The maximum Gasteiger partial charge on any atom is 0.110 e. The van der Waals surface area contributed by atoms with E-state index >= 15 is 0 Å². The summed E-state index contributed by atoms with van der Waals surface area (Å²) in [6, 6.07) is 0. The molecule has 5 N–H and O–H groups in total. The van der Waals surface area contributed by atoms with E-state index < -0.39 is 31.0 Å². The van der Waals surface area contributed by atoms with Crippen LogP contribution in [0, 0.1) is 0 Å². The van der Waals surface area contributed by atoms with Gasteiger partial charge in [-0.05, 0) is 6.42 Å². The van der Waals surface area contributed by atoms with Gasteiger partial charge in [0, 0.05) is 0 Å². The summed E-state index contributed by atoms with van der Waals surface area (Å²) in [6.07, 6.45) is -4.61. The Kier molecular flexibility index (Phi) is 4.95. The fourth-order valence-corrected chi connectivity index (χ4v) is 0.842. The van der Waals surface area contributed by atoms with Crippen molar-refractivity contribution in [3.8, 4) is 0 Å². The van der Waals surface area contributed by atoms with Gasteiger partial charge in [0.05, 0.1) is 14.1 Å². The molecule has 13 heavy (non-hydrogen) atoms. The molecule has 0 aromatic carbocycles. The van der Waals surface area contributed by atoms with Gasteiger partial charge in [-0.25, -0.2) is 0 Å². The Morgan fingerprint density at radius 3 is 2.15 bits per heavy atom. The number of aliphatic hydroxyl groups is 5. The van der Waals surface area contributed by atoms with Crippen molar-refractivity contribution in [1.29, 1.82) is 0 Å². The van der Waals surface area contributed by atoms with Gasteiger partial charge in [-0.2, -0.15) is 0 Å². The third kappa shape index (κ3) is 3.84. The molecule has 0 aliphatic heterocycles. The molecule has 0 spiro atoms. The second-order valence-electron chi connectivity index (χ2n) is 2.77. The molecular weight excluding hydrogens is 176 g/mol. The van der Waals surface area contributed by atoms with E-state index in [1.54, 1.807) is 0 Å². The van der Waals surface area contributed by atoms with Gasteiger partial charge in [-0.15, -0.1) is 6.55 Å². The van der Waals surface area contributed by atoms with Gasteiger partial charge in [0.25, 0.3) is 0 Å². The fraction of sp³-hybridized carbons (Fsp3) is 0.750. The molecule has 5 heteroatoms. The van der Waals surface area contributed by atoms with E-state index in [1.807, 2.05) is 0 Å². The van der Waals surface area contributed by atoms with E-state index in [-0.39, 0.29) is 6.42 Å². The lowest BCUT2D eigenvalue weighted by Crippen LogP contribution is -2.45. The number of hydrogen-bond acceptors (Lipinski definition) is 5. The quantitative estimate of drug-likeness (QED) is 0.314. The second-order valence-corrected chi connectivity index (χ2v) is 2.77. The van der Waals surface area contributed by atoms with E-state index in [0.29, 0.717) is 0 Å². The molecule has 0 fully saturated rings. The summed E-state index contributed by atoms with van der Waals surface area (Å²) < 4.78 is 6.64. The van der Waals surface area contributed by atoms with E-state index in [9.17, 15) is 10.2 Å². The summed E-state index contributed by atoms with van der Waals surface area (Å²) in [5.41, 5.74) is 0. The summed E-state index contributed by atoms with van der Waals surface area (Å²) in [5, 5.41) is 45.0. The monoisotopic (exact) mass is 193 g/mol. The Morgan fingerprint density at radius 2 is 1.69 bits per heavy atom. The smallest absolute Gasteiger partial charge is 0.110 e. The SMILES string of the molecule is [2H]C=CC[C@H](O)[C@H](O)[C@@H](O)[C@H](O)CO. The Labute approximate surface area is 78.0 Å². The Bertz CT molecular complexity index is 175. The van der Waals surface area contributed by atoms with Crippen molar-refractivity contribution >= 4 is 0 Å². The van der Waals surface area contributed by atoms with Crippen molar-refractivity contribution in [3.05, 3.63) is 12.6 Å². The minimum atomic E-state index is -1.60. The van der Waals surface area contributed by atoms with Gasteiger partial charge in [-0.3, -0.25) is 0 Å². The molecule has 78 valence electrons. The van der Waals surface area contributed by atoms with Crippen LogP contribution in [0.15, 0.2) is 12.6 Å². The van der Waals surface area contributed by atoms with Crippen molar-refractivity contribution in [2.24, 2.45) is 0 Å². The van der Waals surface area contributed by atoms with E-state index in [4.69, 9.17) is 16.7 Å². The zero-order chi connectivity index (χ0) is 11.1. The first-order valence-corrected chi connectivity index (χ1v) is 3.91. The zero-order valence-corrected chi connectivity index (χ0v) is 7.11. The molecule has 0 unspecified atom stereocenters. The van der Waals surface area contributed by atoms with Crippen molar-refractivity contribution in [2.75, 3.05) is 6.61 Å². The third-order valence-electron chi connectivity index (χ3n) is 1.70. The van der Waals surface area contributed by atoms with E-state index in [1.165, 1.54) is 6.08 Å². The van der Waals surface area contributed by atoms with Crippen molar-refractivity contribution < 1.29 is 26.9 Å². The molecule has 0 aromatic rings. The van der Waals surface area contributed by atoms with E-state index in [2.05, 4.69) is 0 Å². The number of hydrogen-bond donors (Lipinski definition) is 5. The van der Waals surface area contributed by atoms with Crippen LogP contribution < -0.4 is 0 Å². The summed E-state index contributed by atoms with van der Waals surface area (Å²) in [4.78, 5) is 0. The highest BCUT2D eigenvalue weighted by molar-refractivity contribution is 4.84. The van der Waals surface area contributed by atoms with E-state index in [0.717, 1.165) is 6.55 Å². The number of rotatable bonds is 6. The molecule has 0 aliphatic rings. The second kappa shape index (κ2) is 6.06. The molecule has 0 rings (SSSR count). The topological polar surface area (TPSA) is 101 Å². The van der Waals surface area contributed by atoms with Crippen LogP contribution in [0.3, 0.4) is 0 Å². The van der Waals surface area contributed by atoms with Gasteiger partial charge in [0.2, 0.25) is 0 Å². The lowest BCUT2D eigenvalue weighted by molar-refractivity contribution is -0.113. The maximum atomic E-state index is 9.25. The highest BCUT2D eigenvalue weighted by Crippen LogP contribution is 2.07. The van der Waals surface area contributed by atoms with Gasteiger partial charge in [0.1, 0.15) is 18.3 Å². The van der Waals surface area contributed by atoms with Crippen LogP contribution >= 0.6 is 0 Å². The van der Waals surface area contributed by atoms with Crippen molar-refractivity contribution in [2.45, 2.75) is 30.8 Å². The summed E-state index contributed by atoms with van der Waals surface area (Å²) in [6.45, 7) is 0.254. The highest BCUT2D eigenvalue weighted by Gasteiger charge is 2.28. The lowest BCUT2D eigenvalue weighted by Gasteiger charge is -2.24. The molecule has 0 amide bonds. The van der Waals surface area contributed by atoms with Crippen molar-refractivity contribution in [1.82, 2.24) is 0 Å². The molecular formula is C8H16O5. The predicted molar refractivity (Wildman–Crippen MR) is 45.9 cm³/mol. The zero-order valence-electron chi connectivity index (χ0n) is 8.11. The van der Waals surface area contributed by atoms with Crippen LogP contribution in [0.25, 0.3) is 0 Å². The molecule has 0 heterocycles. The molecule has 0 radical (unpaired) electrons. The van der Waals surface area contributed by atoms with Gasteiger partial charge >= 0.3 is 0 Å². The standard InChI is InChI=1S/C8H16O5/c1-2-3-5(10)7(12)8(13)6(11)4-9/h2,5-13H,1,3-4H2/t5-,6+,7-,8-/m0/s1/i1D. The summed E-state index contributed by atoms with van der Waals surface area (Å²) in [5.74, 6) is 0. The fourth-order valence-electron chi connectivity index (χ4n) is 0.842.